The minimum atomic E-state index is -1.21. The highest BCUT2D eigenvalue weighted by Gasteiger charge is 2.41. The van der Waals surface area contributed by atoms with Gasteiger partial charge in [-0.25, -0.2) is 0 Å². The molecule has 1 aliphatic heterocycles. The number of hydrogen-bond acceptors (Lipinski definition) is 4. The number of carbonyl (C=O) groups excluding carboxylic acids is 1. The summed E-state index contributed by atoms with van der Waals surface area (Å²) in [4.78, 5) is 15.6. The third kappa shape index (κ3) is 6.03. The van der Waals surface area contributed by atoms with E-state index in [-0.39, 0.29) is 17.1 Å². The number of likely N-dealkylation sites (tertiary alicyclic amines) is 1. The summed E-state index contributed by atoms with van der Waals surface area (Å²) in [6.07, 6.45) is 14.2. The maximum Gasteiger partial charge on any atom is 0.454 e. The average molecular weight is 467 g/mol. The molecule has 0 spiro atoms. The van der Waals surface area contributed by atoms with Gasteiger partial charge in [-0.3, -0.25) is 4.79 Å². The molecule has 0 bridgehead atoms. The molecule has 0 aromatic carbocycles. The fraction of sp³-hybridized carbons (Fsp3) is 0.960. The second-order valence-electron chi connectivity index (χ2n) is 11.6. The van der Waals surface area contributed by atoms with Crippen LogP contribution in [0.1, 0.15) is 83.5 Å². The van der Waals surface area contributed by atoms with Crippen LogP contribution in [0.4, 0.5) is 0 Å². The first-order chi connectivity index (χ1) is 15.4. The zero-order valence-electron chi connectivity index (χ0n) is 19.7. The van der Waals surface area contributed by atoms with Crippen LogP contribution in [0.25, 0.3) is 0 Å². The van der Waals surface area contributed by atoms with Crippen LogP contribution < -0.4 is 5.73 Å². The van der Waals surface area contributed by atoms with E-state index in [1.165, 1.54) is 25.7 Å². The molecule has 3 saturated carbocycles. The molecule has 5 nitrogen and oxygen atoms in total. The highest BCUT2D eigenvalue weighted by molar-refractivity contribution is 6.43. The Morgan fingerprint density at radius 1 is 0.844 bits per heavy atom. The molecule has 3 aliphatic carbocycles. The largest absolute Gasteiger partial charge is 0.454 e. The topological polar surface area (TPSA) is 86.8 Å². The Bertz CT molecular complexity index is 616. The summed E-state index contributed by atoms with van der Waals surface area (Å²) in [7, 11) is -1.21. The Labute approximate surface area is 200 Å². The van der Waals surface area contributed by atoms with E-state index in [1.807, 2.05) is 0 Å². The van der Waals surface area contributed by atoms with E-state index in [4.69, 9.17) is 17.3 Å². The van der Waals surface area contributed by atoms with Gasteiger partial charge in [0, 0.05) is 24.4 Å². The Morgan fingerprint density at radius 2 is 1.53 bits per heavy atom. The number of rotatable bonds is 5. The molecule has 0 radical (unpaired) electrons. The molecule has 1 amide bonds. The molecule has 4 N–H and O–H groups in total. The van der Waals surface area contributed by atoms with Gasteiger partial charge in [0.2, 0.25) is 5.91 Å². The Kier molecular flexibility index (Phi) is 8.86. The maximum absolute atomic E-state index is 13.5. The molecule has 1 saturated heterocycles. The van der Waals surface area contributed by atoms with Gasteiger partial charge < -0.3 is 20.7 Å². The van der Waals surface area contributed by atoms with Crippen molar-refractivity contribution in [2.24, 2.45) is 41.2 Å². The number of hydrogen-bond donors (Lipinski definition) is 3. The SMILES string of the molecule is NCC1CCCC(C2CCN(C(=O)C3CC(Cl)CC(C4CCCC(B(O)O)C4)C3)CC2)C1. The van der Waals surface area contributed by atoms with Crippen LogP contribution in [-0.2, 0) is 4.79 Å². The Balaban J connectivity index is 1.29. The Morgan fingerprint density at radius 3 is 2.22 bits per heavy atom. The van der Waals surface area contributed by atoms with Crippen molar-refractivity contribution in [3.05, 3.63) is 0 Å². The highest BCUT2D eigenvalue weighted by atomic mass is 35.5. The van der Waals surface area contributed by atoms with Crippen molar-refractivity contribution in [1.82, 2.24) is 4.90 Å². The van der Waals surface area contributed by atoms with Crippen molar-refractivity contribution in [1.29, 1.82) is 0 Å². The minimum absolute atomic E-state index is 0.0173. The van der Waals surface area contributed by atoms with Gasteiger partial charge >= 0.3 is 7.12 Å². The molecule has 4 aliphatic rings. The molecule has 7 unspecified atom stereocenters. The molecule has 7 atom stereocenters. The van der Waals surface area contributed by atoms with Crippen molar-refractivity contribution in [3.63, 3.8) is 0 Å². The second-order valence-corrected chi connectivity index (χ2v) is 12.2. The first kappa shape index (κ1) is 24.8. The first-order valence-electron chi connectivity index (χ1n) is 13.4. The molecular formula is C25H44BClN2O3. The lowest BCUT2D eigenvalue weighted by Gasteiger charge is -2.43. The average Bonchev–Trinajstić information content (AvgIpc) is 2.83. The molecule has 182 valence electrons. The van der Waals surface area contributed by atoms with E-state index in [0.29, 0.717) is 23.7 Å². The molecule has 4 rings (SSSR count). The lowest BCUT2D eigenvalue weighted by molar-refractivity contribution is -0.139. The molecule has 32 heavy (non-hydrogen) atoms. The zero-order chi connectivity index (χ0) is 22.7. The number of nitrogens with two attached hydrogens (primary N) is 1. The van der Waals surface area contributed by atoms with E-state index in [9.17, 15) is 14.8 Å². The standard InChI is InChI=1S/C25H44BClN2O3/c27-24-14-21(20-5-2-6-23(13-20)26(31)32)12-22(15-24)25(30)29-9-7-18(8-10-29)19-4-1-3-17(11-19)16-28/h17-24,31-32H,1-16,28H2. The van der Waals surface area contributed by atoms with Crippen LogP contribution in [0, 0.1) is 35.5 Å². The molecule has 4 fully saturated rings. The molecular weight excluding hydrogens is 423 g/mol. The molecule has 0 aromatic heterocycles. The first-order valence-corrected chi connectivity index (χ1v) is 13.9. The van der Waals surface area contributed by atoms with Gasteiger partial charge in [0.1, 0.15) is 0 Å². The van der Waals surface area contributed by atoms with Crippen LogP contribution in [0.5, 0.6) is 0 Å². The summed E-state index contributed by atoms with van der Waals surface area (Å²) < 4.78 is 0. The number of nitrogens with zero attached hydrogens (tertiary/aromatic N) is 1. The van der Waals surface area contributed by atoms with Gasteiger partial charge in [0.15, 0.2) is 0 Å². The van der Waals surface area contributed by atoms with Gasteiger partial charge in [0.25, 0.3) is 0 Å². The van der Waals surface area contributed by atoms with E-state index in [2.05, 4.69) is 4.90 Å². The van der Waals surface area contributed by atoms with Crippen LogP contribution in [0.2, 0.25) is 5.82 Å². The van der Waals surface area contributed by atoms with Crippen LogP contribution in [0.15, 0.2) is 0 Å². The van der Waals surface area contributed by atoms with Crippen molar-refractivity contribution in [3.8, 4) is 0 Å². The van der Waals surface area contributed by atoms with Crippen molar-refractivity contribution >= 4 is 24.6 Å². The highest BCUT2D eigenvalue weighted by Crippen LogP contribution is 2.46. The fourth-order valence-corrected chi connectivity index (χ4v) is 8.11. The van der Waals surface area contributed by atoms with Gasteiger partial charge in [-0.15, -0.1) is 11.6 Å². The fourth-order valence-electron chi connectivity index (χ4n) is 7.67. The molecule has 7 heteroatoms. The summed E-state index contributed by atoms with van der Waals surface area (Å²) in [6, 6.07) is 0. The number of carbonyl (C=O) groups is 1. The van der Waals surface area contributed by atoms with Gasteiger partial charge in [-0.1, -0.05) is 32.1 Å². The monoisotopic (exact) mass is 466 g/mol. The summed E-state index contributed by atoms with van der Waals surface area (Å²) >= 11 is 6.68. The molecule has 1 heterocycles. The summed E-state index contributed by atoms with van der Waals surface area (Å²) in [5.74, 6) is 3.55. The van der Waals surface area contributed by atoms with Crippen molar-refractivity contribution < 1.29 is 14.8 Å². The third-order valence-electron chi connectivity index (χ3n) is 9.55. The smallest absolute Gasteiger partial charge is 0.427 e. The lowest BCUT2D eigenvalue weighted by Crippen LogP contribution is -2.46. The van der Waals surface area contributed by atoms with Crippen molar-refractivity contribution in [2.45, 2.75) is 94.7 Å². The van der Waals surface area contributed by atoms with Gasteiger partial charge in [-0.05, 0) is 93.3 Å². The predicted octanol–water partition coefficient (Wildman–Crippen LogP) is 4.05. The second kappa shape index (κ2) is 11.4. The van der Waals surface area contributed by atoms with Crippen molar-refractivity contribution in [2.75, 3.05) is 19.6 Å². The van der Waals surface area contributed by atoms with Gasteiger partial charge in [0.05, 0.1) is 0 Å². The minimum Gasteiger partial charge on any atom is -0.427 e. The third-order valence-corrected chi connectivity index (χ3v) is 9.91. The van der Waals surface area contributed by atoms with E-state index in [0.717, 1.165) is 89.3 Å². The van der Waals surface area contributed by atoms with Crippen LogP contribution in [0.3, 0.4) is 0 Å². The van der Waals surface area contributed by atoms with E-state index >= 15 is 0 Å². The van der Waals surface area contributed by atoms with Crippen LogP contribution >= 0.6 is 11.6 Å². The van der Waals surface area contributed by atoms with Crippen LogP contribution in [-0.4, -0.2) is 53.0 Å². The number of alkyl halides is 1. The molecule has 0 aromatic rings. The van der Waals surface area contributed by atoms with Gasteiger partial charge in [-0.2, -0.15) is 0 Å². The summed E-state index contributed by atoms with van der Waals surface area (Å²) in [5.41, 5.74) is 5.95. The van der Waals surface area contributed by atoms with E-state index in [1.54, 1.807) is 0 Å². The maximum atomic E-state index is 13.5. The summed E-state index contributed by atoms with van der Waals surface area (Å²) in [6.45, 7) is 2.64. The quantitative estimate of drug-likeness (QED) is 0.421. The number of halogens is 1. The van der Waals surface area contributed by atoms with E-state index < -0.39 is 7.12 Å². The predicted molar refractivity (Wildman–Crippen MR) is 130 cm³/mol. The Hall–Kier alpha value is -0.295. The lowest BCUT2D eigenvalue weighted by atomic mass is 9.59. The normalized spacial score (nSPS) is 39.6. The number of piperidine rings is 1. The number of amides is 1. The zero-order valence-corrected chi connectivity index (χ0v) is 20.5. The summed E-state index contributed by atoms with van der Waals surface area (Å²) in [5, 5.41) is 19.4.